The van der Waals surface area contributed by atoms with E-state index in [9.17, 15) is 9.18 Å². The third kappa shape index (κ3) is 3.51. The molecule has 1 aromatic heterocycles. The number of aromatic carboxylic acids is 1. The van der Waals surface area contributed by atoms with E-state index in [2.05, 4.69) is 20.9 Å². The summed E-state index contributed by atoms with van der Waals surface area (Å²) in [4.78, 5) is 14.5. The van der Waals surface area contributed by atoms with Crippen LogP contribution < -0.4 is 4.74 Å². The van der Waals surface area contributed by atoms with Gasteiger partial charge in [-0.05, 0) is 18.2 Å². The van der Waals surface area contributed by atoms with Crippen molar-refractivity contribution in [2.45, 2.75) is 6.61 Å². The monoisotopic (exact) mass is 325 g/mol. The highest BCUT2D eigenvalue weighted by Gasteiger charge is 2.07. The lowest BCUT2D eigenvalue weighted by Crippen LogP contribution is -2.01. The fourth-order valence-electron chi connectivity index (χ4n) is 1.41. The first-order valence-electron chi connectivity index (χ1n) is 5.31. The standard InChI is InChI=1S/C13H9BrFNO3/c14-10-2-1-8(12(15)4-10)7-19-11-3-9(13(17)18)5-16-6-11/h1-6H,7H2,(H,17,18). The van der Waals surface area contributed by atoms with Gasteiger partial charge in [0.05, 0.1) is 11.8 Å². The predicted molar refractivity (Wildman–Crippen MR) is 69.6 cm³/mol. The number of pyridine rings is 1. The van der Waals surface area contributed by atoms with E-state index in [-0.39, 0.29) is 17.9 Å². The van der Waals surface area contributed by atoms with Gasteiger partial charge in [0.1, 0.15) is 18.2 Å². The number of aromatic nitrogens is 1. The summed E-state index contributed by atoms with van der Waals surface area (Å²) in [5.41, 5.74) is 0.401. The molecule has 6 heteroatoms. The molecule has 0 saturated heterocycles. The Morgan fingerprint density at radius 1 is 1.37 bits per heavy atom. The molecule has 98 valence electrons. The molecule has 4 nitrogen and oxygen atoms in total. The number of ether oxygens (including phenoxy) is 1. The maximum atomic E-state index is 13.5. The van der Waals surface area contributed by atoms with Crippen LogP contribution in [-0.4, -0.2) is 16.1 Å². The summed E-state index contributed by atoms with van der Waals surface area (Å²) in [5, 5.41) is 8.81. The largest absolute Gasteiger partial charge is 0.487 e. The first-order chi connectivity index (χ1) is 9.06. The lowest BCUT2D eigenvalue weighted by molar-refractivity contribution is 0.0696. The first-order valence-corrected chi connectivity index (χ1v) is 6.10. The van der Waals surface area contributed by atoms with Gasteiger partial charge in [0.15, 0.2) is 0 Å². The number of rotatable bonds is 4. The van der Waals surface area contributed by atoms with E-state index in [1.807, 2.05) is 0 Å². The Kier molecular flexibility index (Phi) is 4.11. The van der Waals surface area contributed by atoms with Crippen molar-refractivity contribution in [2.75, 3.05) is 0 Å². The predicted octanol–water partition coefficient (Wildman–Crippen LogP) is 3.26. The summed E-state index contributed by atoms with van der Waals surface area (Å²) < 4.78 is 19.5. The van der Waals surface area contributed by atoms with Gasteiger partial charge in [0.2, 0.25) is 0 Å². The molecule has 2 rings (SSSR count). The highest BCUT2D eigenvalue weighted by Crippen LogP contribution is 2.18. The second-order valence-electron chi connectivity index (χ2n) is 3.74. The van der Waals surface area contributed by atoms with Crippen LogP contribution in [0.4, 0.5) is 4.39 Å². The summed E-state index contributed by atoms with van der Waals surface area (Å²) in [5.74, 6) is -1.20. The molecule has 2 aromatic rings. The minimum Gasteiger partial charge on any atom is -0.487 e. The number of hydrogen-bond donors (Lipinski definition) is 1. The van der Waals surface area contributed by atoms with Crippen molar-refractivity contribution < 1.29 is 19.0 Å². The van der Waals surface area contributed by atoms with Gasteiger partial charge < -0.3 is 9.84 Å². The van der Waals surface area contributed by atoms with Crippen molar-refractivity contribution >= 4 is 21.9 Å². The van der Waals surface area contributed by atoms with E-state index in [4.69, 9.17) is 9.84 Å². The molecule has 1 N–H and O–H groups in total. The van der Waals surface area contributed by atoms with Crippen molar-refractivity contribution in [3.05, 3.63) is 58.1 Å². The molecule has 0 saturated carbocycles. The number of hydrogen-bond acceptors (Lipinski definition) is 3. The van der Waals surface area contributed by atoms with E-state index in [0.717, 1.165) is 0 Å². The van der Waals surface area contributed by atoms with E-state index in [0.29, 0.717) is 10.0 Å². The summed E-state index contributed by atoms with van der Waals surface area (Å²) in [6, 6.07) is 5.97. The van der Waals surface area contributed by atoms with Gasteiger partial charge in [-0.2, -0.15) is 0 Å². The first kappa shape index (κ1) is 13.5. The van der Waals surface area contributed by atoms with Crippen molar-refractivity contribution in [3.63, 3.8) is 0 Å². The number of carboxylic acids is 1. The van der Waals surface area contributed by atoms with Gasteiger partial charge in [0, 0.05) is 16.2 Å². The number of benzene rings is 1. The van der Waals surface area contributed by atoms with Crippen LogP contribution in [-0.2, 0) is 6.61 Å². The smallest absolute Gasteiger partial charge is 0.337 e. The third-order valence-corrected chi connectivity index (χ3v) is 2.86. The fraction of sp³-hybridized carbons (Fsp3) is 0.0769. The van der Waals surface area contributed by atoms with Crippen LogP contribution in [0.3, 0.4) is 0 Å². The van der Waals surface area contributed by atoms with Gasteiger partial charge in [0.25, 0.3) is 0 Å². The van der Waals surface area contributed by atoms with Crippen molar-refractivity contribution in [1.82, 2.24) is 4.98 Å². The fourth-order valence-corrected chi connectivity index (χ4v) is 1.75. The zero-order chi connectivity index (χ0) is 13.8. The molecule has 19 heavy (non-hydrogen) atoms. The van der Waals surface area contributed by atoms with E-state index in [1.54, 1.807) is 12.1 Å². The number of carboxylic acid groups (broad SMARTS) is 1. The van der Waals surface area contributed by atoms with Crippen LogP contribution >= 0.6 is 15.9 Å². The molecule has 0 spiro atoms. The zero-order valence-electron chi connectivity index (χ0n) is 9.64. The Morgan fingerprint density at radius 2 is 2.16 bits per heavy atom. The average Bonchev–Trinajstić information content (AvgIpc) is 2.38. The molecule has 0 amide bonds. The molecule has 0 unspecified atom stereocenters. The van der Waals surface area contributed by atoms with Gasteiger partial charge in [-0.3, -0.25) is 4.98 Å². The minimum atomic E-state index is -1.09. The number of carbonyl (C=O) groups is 1. The molecule has 0 fully saturated rings. The molecule has 0 bridgehead atoms. The van der Waals surface area contributed by atoms with Crippen LogP contribution in [0, 0.1) is 5.82 Å². The Bertz CT molecular complexity index is 619. The second-order valence-corrected chi connectivity index (χ2v) is 4.65. The van der Waals surface area contributed by atoms with Crippen LogP contribution in [0.5, 0.6) is 5.75 Å². The third-order valence-electron chi connectivity index (χ3n) is 2.37. The van der Waals surface area contributed by atoms with Gasteiger partial charge in [-0.25, -0.2) is 9.18 Å². The Morgan fingerprint density at radius 3 is 2.84 bits per heavy atom. The topological polar surface area (TPSA) is 59.4 Å². The second kappa shape index (κ2) is 5.79. The molecular weight excluding hydrogens is 317 g/mol. The van der Waals surface area contributed by atoms with Crippen molar-refractivity contribution in [3.8, 4) is 5.75 Å². The summed E-state index contributed by atoms with van der Waals surface area (Å²) >= 11 is 3.16. The van der Waals surface area contributed by atoms with Gasteiger partial charge >= 0.3 is 5.97 Å². The molecule has 0 atom stereocenters. The minimum absolute atomic E-state index is 0.00384. The van der Waals surface area contributed by atoms with Crippen LogP contribution in [0.15, 0.2) is 41.1 Å². The molecule has 1 aromatic carbocycles. The molecule has 1 heterocycles. The van der Waals surface area contributed by atoms with Gasteiger partial charge in [-0.1, -0.05) is 22.0 Å². The molecular formula is C13H9BrFNO3. The van der Waals surface area contributed by atoms with E-state index >= 15 is 0 Å². The quantitative estimate of drug-likeness (QED) is 0.937. The average molecular weight is 326 g/mol. The summed E-state index contributed by atoms with van der Waals surface area (Å²) in [7, 11) is 0. The Balaban J connectivity index is 2.10. The normalized spacial score (nSPS) is 10.2. The molecule has 0 aliphatic carbocycles. The SMILES string of the molecule is O=C(O)c1cncc(OCc2ccc(Br)cc2F)c1. The molecule has 0 aliphatic heterocycles. The van der Waals surface area contributed by atoms with E-state index in [1.165, 1.54) is 24.5 Å². The summed E-state index contributed by atoms with van der Waals surface area (Å²) in [6.45, 7) is 0.00384. The highest BCUT2D eigenvalue weighted by molar-refractivity contribution is 9.10. The number of halogens is 2. The molecule has 0 aliphatic rings. The van der Waals surface area contributed by atoms with Crippen LogP contribution in [0.2, 0.25) is 0 Å². The summed E-state index contributed by atoms with van der Waals surface area (Å²) in [6.07, 6.45) is 2.60. The Labute approximate surface area is 117 Å². The molecule has 0 radical (unpaired) electrons. The van der Waals surface area contributed by atoms with Crippen LogP contribution in [0.1, 0.15) is 15.9 Å². The maximum absolute atomic E-state index is 13.5. The van der Waals surface area contributed by atoms with Crippen molar-refractivity contribution in [1.29, 1.82) is 0 Å². The Hall–Kier alpha value is -1.95. The van der Waals surface area contributed by atoms with E-state index < -0.39 is 11.8 Å². The maximum Gasteiger partial charge on any atom is 0.337 e. The number of nitrogens with zero attached hydrogens (tertiary/aromatic N) is 1. The highest BCUT2D eigenvalue weighted by atomic mass is 79.9. The van der Waals surface area contributed by atoms with Gasteiger partial charge in [-0.15, -0.1) is 0 Å². The lowest BCUT2D eigenvalue weighted by atomic mass is 10.2. The van der Waals surface area contributed by atoms with Crippen LogP contribution in [0.25, 0.3) is 0 Å². The van der Waals surface area contributed by atoms with Crippen molar-refractivity contribution in [2.24, 2.45) is 0 Å². The lowest BCUT2D eigenvalue weighted by Gasteiger charge is -2.07. The zero-order valence-corrected chi connectivity index (χ0v) is 11.2.